The maximum atomic E-state index is 12.7. The van der Waals surface area contributed by atoms with Crippen molar-refractivity contribution in [1.82, 2.24) is 13.9 Å². The minimum Gasteiger partial charge on any atom is -0.373 e. The van der Waals surface area contributed by atoms with E-state index in [0.717, 1.165) is 13.1 Å². The fourth-order valence-corrected chi connectivity index (χ4v) is 5.77. The molecule has 6 nitrogen and oxygen atoms in total. The van der Waals surface area contributed by atoms with Gasteiger partial charge in [0.15, 0.2) is 0 Å². The first-order valence-electron chi connectivity index (χ1n) is 8.63. The third-order valence-electron chi connectivity index (χ3n) is 4.64. The van der Waals surface area contributed by atoms with Crippen molar-refractivity contribution >= 4 is 21.5 Å². The molecule has 3 atom stereocenters. The van der Waals surface area contributed by atoms with E-state index in [1.165, 1.54) is 22.0 Å². The van der Waals surface area contributed by atoms with Crippen LogP contribution in [0.1, 0.15) is 37.6 Å². The molecule has 0 bridgehead atoms. The van der Waals surface area contributed by atoms with Gasteiger partial charge in [-0.25, -0.2) is 4.72 Å². The van der Waals surface area contributed by atoms with Crippen molar-refractivity contribution in [2.24, 2.45) is 0 Å². The Bertz CT molecular complexity index is 605. The molecule has 2 aliphatic rings. The SMILES string of the molecule is CC1CN(S(=O)(=O)NCC(c2cccs2)N2CCCC2)CC(C)O1. The van der Waals surface area contributed by atoms with Gasteiger partial charge < -0.3 is 4.74 Å². The third-order valence-corrected chi connectivity index (χ3v) is 7.12. The van der Waals surface area contributed by atoms with Crippen LogP contribution >= 0.6 is 11.3 Å². The average molecular weight is 374 g/mol. The minimum atomic E-state index is -3.48. The van der Waals surface area contributed by atoms with E-state index in [4.69, 9.17) is 4.74 Å². The predicted octanol–water partition coefficient (Wildman–Crippen LogP) is 1.83. The monoisotopic (exact) mass is 373 g/mol. The highest BCUT2D eigenvalue weighted by molar-refractivity contribution is 7.87. The fourth-order valence-electron chi connectivity index (χ4n) is 3.55. The van der Waals surface area contributed by atoms with E-state index in [0.29, 0.717) is 19.6 Å². The number of hydrogen-bond donors (Lipinski definition) is 1. The summed E-state index contributed by atoms with van der Waals surface area (Å²) in [6.07, 6.45) is 2.23. The molecule has 0 saturated carbocycles. The van der Waals surface area contributed by atoms with Crippen LogP contribution in [0.4, 0.5) is 0 Å². The highest BCUT2D eigenvalue weighted by Crippen LogP contribution is 2.28. The zero-order chi connectivity index (χ0) is 17.2. The Balaban J connectivity index is 1.67. The molecule has 3 heterocycles. The van der Waals surface area contributed by atoms with Crippen LogP contribution in [0.25, 0.3) is 0 Å². The zero-order valence-electron chi connectivity index (χ0n) is 14.3. The maximum Gasteiger partial charge on any atom is 0.279 e. The van der Waals surface area contributed by atoms with Crippen molar-refractivity contribution in [2.45, 2.75) is 44.9 Å². The topological polar surface area (TPSA) is 61.9 Å². The summed E-state index contributed by atoms with van der Waals surface area (Å²) in [5.41, 5.74) is 0. The number of nitrogens with zero attached hydrogens (tertiary/aromatic N) is 2. The molecule has 1 aromatic heterocycles. The lowest BCUT2D eigenvalue weighted by atomic mass is 10.2. The molecule has 24 heavy (non-hydrogen) atoms. The van der Waals surface area contributed by atoms with Gasteiger partial charge in [0.25, 0.3) is 10.2 Å². The number of rotatable bonds is 6. The van der Waals surface area contributed by atoms with Crippen molar-refractivity contribution < 1.29 is 13.2 Å². The van der Waals surface area contributed by atoms with E-state index in [2.05, 4.69) is 21.1 Å². The molecular formula is C16H27N3O3S2. The summed E-state index contributed by atoms with van der Waals surface area (Å²) in [4.78, 5) is 3.61. The van der Waals surface area contributed by atoms with Gasteiger partial charge in [-0.05, 0) is 51.2 Å². The van der Waals surface area contributed by atoms with Crippen molar-refractivity contribution in [3.63, 3.8) is 0 Å². The van der Waals surface area contributed by atoms with E-state index >= 15 is 0 Å². The molecule has 2 saturated heterocycles. The van der Waals surface area contributed by atoms with Crippen LogP contribution in [-0.2, 0) is 14.9 Å². The fraction of sp³-hybridized carbons (Fsp3) is 0.750. The summed E-state index contributed by atoms with van der Waals surface area (Å²) in [5, 5.41) is 2.05. The molecule has 0 amide bonds. The van der Waals surface area contributed by atoms with Gasteiger partial charge in [-0.1, -0.05) is 6.07 Å². The summed E-state index contributed by atoms with van der Waals surface area (Å²) < 4.78 is 35.4. The normalized spacial score (nSPS) is 28.2. The van der Waals surface area contributed by atoms with Gasteiger partial charge in [-0.2, -0.15) is 12.7 Å². The van der Waals surface area contributed by atoms with Crippen molar-refractivity contribution in [2.75, 3.05) is 32.7 Å². The number of likely N-dealkylation sites (tertiary alicyclic amines) is 1. The number of thiophene rings is 1. The van der Waals surface area contributed by atoms with Crippen LogP contribution in [0.2, 0.25) is 0 Å². The Hall–Kier alpha value is -0.510. The number of hydrogen-bond acceptors (Lipinski definition) is 5. The Labute approximate surface area is 149 Å². The molecule has 3 unspecified atom stereocenters. The molecular weight excluding hydrogens is 346 g/mol. The summed E-state index contributed by atoms with van der Waals surface area (Å²) in [6.45, 7) is 7.14. The van der Waals surface area contributed by atoms with Gasteiger partial charge in [0.05, 0.1) is 18.2 Å². The first-order valence-corrected chi connectivity index (χ1v) is 11.0. The Morgan fingerprint density at radius 3 is 2.54 bits per heavy atom. The predicted molar refractivity (Wildman–Crippen MR) is 96.4 cm³/mol. The van der Waals surface area contributed by atoms with Gasteiger partial charge >= 0.3 is 0 Å². The third kappa shape index (κ3) is 4.36. The van der Waals surface area contributed by atoms with Crippen LogP contribution in [0, 0.1) is 0 Å². The molecule has 136 valence electrons. The molecule has 2 aliphatic heterocycles. The molecule has 3 rings (SSSR count). The second-order valence-electron chi connectivity index (χ2n) is 6.70. The summed E-state index contributed by atoms with van der Waals surface area (Å²) in [7, 11) is -3.48. The van der Waals surface area contributed by atoms with Crippen LogP contribution in [0.15, 0.2) is 17.5 Å². The molecule has 0 aromatic carbocycles. The Morgan fingerprint density at radius 1 is 1.29 bits per heavy atom. The molecule has 0 radical (unpaired) electrons. The average Bonchev–Trinajstić information content (AvgIpc) is 3.20. The number of nitrogens with one attached hydrogen (secondary N) is 1. The van der Waals surface area contributed by atoms with Crippen LogP contribution < -0.4 is 4.72 Å². The minimum absolute atomic E-state index is 0.0722. The van der Waals surface area contributed by atoms with Gasteiger partial charge in [0, 0.05) is 24.5 Å². The van der Waals surface area contributed by atoms with E-state index in [1.54, 1.807) is 11.3 Å². The van der Waals surface area contributed by atoms with Crippen LogP contribution in [0.5, 0.6) is 0 Å². The largest absolute Gasteiger partial charge is 0.373 e. The second-order valence-corrected chi connectivity index (χ2v) is 9.44. The van der Waals surface area contributed by atoms with E-state index in [9.17, 15) is 8.42 Å². The van der Waals surface area contributed by atoms with Crippen LogP contribution in [0.3, 0.4) is 0 Å². The quantitative estimate of drug-likeness (QED) is 0.826. The van der Waals surface area contributed by atoms with Gasteiger partial charge in [0.1, 0.15) is 0 Å². The second kappa shape index (κ2) is 7.80. The van der Waals surface area contributed by atoms with Gasteiger partial charge in [-0.3, -0.25) is 4.90 Å². The lowest BCUT2D eigenvalue weighted by Crippen LogP contribution is -2.52. The highest BCUT2D eigenvalue weighted by Gasteiger charge is 2.32. The molecule has 1 N–H and O–H groups in total. The summed E-state index contributed by atoms with van der Waals surface area (Å²) in [5.74, 6) is 0. The van der Waals surface area contributed by atoms with Gasteiger partial charge in [0.2, 0.25) is 0 Å². The standard InChI is InChI=1S/C16H27N3O3S2/c1-13-11-19(12-14(2)22-13)24(20,21)17-10-15(16-6-5-9-23-16)18-7-3-4-8-18/h5-6,9,13-15,17H,3-4,7-8,10-12H2,1-2H3. The Morgan fingerprint density at radius 2 is 1.96 bits per heavy atom. The summed E-state index contributed by atoms with van der Waals surface area (Å²) in [6, 6.07) is 4.25. The smallest absolute Gasteiger partial charge is 0.279 e. The Kier molecular flexibility index (Phi) is 5.94. The molecule has 0 aliphatic carbocycles. The highest BCUT2D eigenvalue weighted by atomic mass is 32.2. The van der Waals surface area contributed by atoms with E-state index in [1.807, 2.05) is 19.9 Å². The van der Waals surface area contributed by atoms with E-state index in [-0.39, 0.29) is 18.2 Å². The first kappa shape index (κ1) is 18.3. The zero-order valence-corrected chi connectivity index (χ0v) is 16.0. The van der Waals surface area contributed by atoms with Crippen LogP contribution in [-0.4, -0.2) is 62.6 Å². The molecule has 1 aromatic rings. The molecule has 2 fully saturated rings. The van der Waals surface area contributed by atoms with Gasteiger partial charge in [-0.15, -0.1) is 11.3 Å². The lowest BCUT2D eigenvalue weighted by Gasteiger charge is -2.35. The van der Waals surface area contributed by atoms with Crippen molar-refractivity contribution in [3.8, 4) is 0 Å². The van der Waals surface area contributed by atoms with Crippen molar-refractivity contribution in [3.05, 3.63) is 22.4 Å². The van der Waals surface area contributed by atoms with E-state index < -0.39 is 10.2 Å². The molecule has 8 heteroatoms. The number of morpholine rings is 1. The maximum absolute atomic E-state index is 12.7. The molecule has 0 spiro atoms. The van der Waals surface area contributed by atoms with Crippen molar-refractivity contribution in [1.29, 1.82) is 0 Å². The summed E-state index contributed by atoms with van der Waals surface area (Å²) >= 11 is 1.69. The first-order chi connectivity index (χ1) is 11.5. The number of ether oxygens (including phenoxy) is 1. The lowest BCUT2D eigenvalue weighted by molar-refractivity contribution is -0.0444.